The van der Waals surface area contributed by atoms with Gasteiger partial charge in [-0.2, -0.15) is 0 Å². The van der Waals surface area contributed by atoms with Gasteiger partial charge >= 0.3 is 0 Å². The summed E-state index contributed by atoms with van der Waals surface area (Å²) in [5.41, 5.74) is 8.82. The number of carbonyl (C=O) groups is 1. The quantitative estimate of drug-likeness (QED) is 0.297. The maximum Gasteiger partial charge on any atom is 0.269 e. The number of halogens is 1. The summed E-state index contributed by atoms with van der Waals surface area (Å²) >= 11 is 11.4. The third-order valence-corrected chi connectivity index (χ3v) is 6.20. The Morgan fingerprint density at radius 2 is 1.79 bits per heavy atom. The number of amides is 1. The predicted octanol–water partition coefficient (Wildman–Crippen LogP) is 3.37. The van der Waals surface area contributed by atoms with Crippen LogP contribution < -0.4 is 20.9 Å². The molecule has 0 bridgehead atoms. The predicted molar refractivity (Wildman–Crippen MR) is 135 cm³/mol. The number of carbonyl (C=O) groups excluding carboxylic acids is 1. The molecule has 0 radical (unpaired) electrons. The number of thiocarbonyl (C=S) groups is 1. The van der Waals surface area contributed by atoms with E-state index in [-0.39, 0.29) is 5.91 Å². The minimum atomic E-state index is -0.260. The summed E-state index contributed by atoms with van der Waals surface area (Å²) in [6.45, 7) is 9.60. The first kappa shape index (κ1) is 25.2. The molecule has 178 valence electrons. The summed E-state index contributed by atoms with van der Waals surface area (Å²) in [5, 5.41) is 4.26. The highest BCUT2D eigenvalue weighted by Crippen LogP contribution is 2.26. The van der Waals surface area contributed by atoms with E-state index in [2.05, 4.69) is 21.1 Å². The Hall–Kier alpha value is -2.39. The van der Waals surface area contributed by atoms with E-state index in [1.807, 2.05) is 38.1 Å². The standard InChI is InChI=1S/C24H31ClN4O3S/c1-17-14-21(15-18(2)22(17)25)32-16-19-4-6-20(7-5-19)23(30)27-28-24(33)26-8-3-9-29-10-12-31-13-11-29/h4-7,14-15H,3,8-13,16H2,1-2H3,(H,27,30)(H2,26,28,33). The van der Waals surface area contributed by atoms with Crippen molar-refractivity contribution in [1.29, 1.82) is 0 Å². The highest BCUT2D eigenvalue weighted by molar-refractivity contribution is 7.80. The van der Waals surface area contributed by atoms with Crippen molar-refractivity contribution in [2.24, 2.45) is 0 Å². The molecule has 0 atom stereocenters. The summed E-state index contributed by atoms with van der Waals surface area (Å²) in [6.07, 6.45) is 0.967. The molecule has 9 heteroatoms. The van der Waals surface area contributed by atoms with Crippen molar-refractivity contribution in [2.45, 2.75) is 26.9 Å². The topological polar surface area (TPSA) is 74.9 Å². The van der Waals surface area contributed by atoms with Crippen molar-refractivity contribution >= 4 is 34.8 Å². The molecular weight excluding hydrogens is 460 g/mol. The lowest BCUT2D eigenvalue weighted by Crippen LogP contribution is -2.47. The van der Waals surface area contributed by atoms with E-state index >= 15 is 0 Å². The Labute approximate surface area is 205 Å². The van der Waals surface area contributed by atoms with Crippen LogP contribution in [-0.2, 0) is 11.3 Å². The van der Waals surface area contributed by atoms with Crippen LogP contribution in [0.4, 0.5) is 0 Å². The number of morpholine rings is 1. The van der Waals surface area contributed by atoms with Gasteiger partial charge in [-0.1, -0.05) is 23.7 Å². The molecule has 1 amide bonds. The summed E-state index contributed by atoms with van der Waals surface area (Å²) in [5.74, 6) is 0.510. The van der Waals surface area contributed by atoms with E-state index in [0.29, 0.717) is 17.3 Å². The number of aryl methyl sites for hydroxylation is 2. The minimum Gasteiger partial charge on any atom is -0.489 e. The number of hydrazine groups is 1. The first-order valence-electron chi connectivity index (χ1n) is 11.0. The Morgan fingerprint density at radius 3 is 2.45 bits per heavy atom. The highest BCUT2D eigenvalue weighted by atomic mass is 35.5. The largest absolute Gasteiger partial charge is 0.489 e. The third-order valence-electron chi connectivity index (χ3n) is 5.36. The van der Waals surface area contributed by atoms with Crippen LogP contribution in [0.2, 0.25) is 5.02 Å². The molecule has 3 N–H and O–H groups in total. The van der Waals surface area contributed by atoms with Gasteiger partial charge in [0.05, 0.1) is 13.2 Å². The minimum absolute atomic E-state index is 0.260. The fourth-order valence-electron chi connectivity index (χ4n) is 3.47. The Bertz CT molecular complexity index is 926. The van der Waals surface area contributed by atoms with E-state index in [1.54, 1.807) is 12.1 Å². The lowest BCUT2D eigenvalue weighted by molar-refractivity contribution is 0.0376. The molecule has 7 nitrogen and oxygen atoms in total. The summed E-state index contributed by atoms with van der Waals surface area (Å²) in [4.78, 5) is 14.7. The van der Waals surface area contributed by atoms with Gasteiger partial charge in [0, 0.05) is 30.2 Å². The van der Waals surface area contributed by atoms with Crippen molar-refractivity contribution in [1.82, 2.24) is 21.1 Å². The fraction of sp³-hybridized carbons (Fsp3) is 0.417. The summed E-state index contributed by atoms with van der Waals surface area (Å²) in [7, 11) is 0. The van der Waals surface area contributed by atoms with Crippen LogP contribution in [0.5, 0.6) is 5.75 Å². The fourth-order valence-corrected chi connectivity index (χ4v) is 3.73. The van der Waals surface area contributed by atoms with Gasteiger partial charge in [-0.25, -0.2) is 0 Å². The zero-order valence-corrected chi connectivity index (χ0v) is 20.7. The van der Waals surface area contributed by atoms with Gasteiger partial charge in [0.1, 0.15) is 12.4 Å². The summed E-state index contributed by atoms with van der Waals surface area (Å²) < 4.78 is 11.2. The van der Waals surface area contributed by atoms with Gasteiger partial charge in [0.2, 0.25) is 0 Å². The maximum absolute atomic E-state index is 12.4. The second kappa shape index (κ2) is 12.7. The van der Waals surface area contributed by atoms with Crippen molar-refractivity contribution in [3.05, 3.63) is 63.7 Å². The molecule has 2 aromatic carbocycles. The van der Waals surface area contributed by atoms with Crippen molar-refractivity contribution in [3.8, 4) is 5.75 Å². The molecule has 0 unspecified atom stereocenters. The molecular formula is C24H31ClN4O3S. The number of benzene rings is 2. The summed E-state index contributed by atoms with van der Waals surface area (Å²) in [6, 6.07) is 11.1. The van der Waals surface area contributed by atoms with E-state index in [1.165, 1.54) is 0 Å². The first-order chi connectivity index (χ1) is 15.9. The monoisotopic (exact) mass is 490 g/mol. The molecule has 0 spiro atoms. The SMILES string of the molecule is Cc1cc(OCc2ccc(C(=O)NNC(=S)NCCCN3CCOCC3)cc2)cc(C)c1Cl. The lowest BCUT2D eigenvalue weighted by atomic mass is 10.1. The number of hydrogen-bond acceptors (Lipinski definition) is 5. The first-order valence-corrected chi connectivity index (χ1v) is 11.8. The van der Waals surface area contributed by atoms with Crippen LogP contribution in [0.1, 0.15) is 33.5 Å². The van der Waals surface area contributed by atoms with Gasteiger partial charge < -0.3 is 14.8 Å². The average molecular weight is 491 g/mol. The molecule has 1 saturated heterocycles. The molecule has 1 aliphatic rings. The number of hydrogen-bond donors (Lipinski definition) is 3. The molecule has 0 saturated carbocycles. The molecule has 1 heterocycles. The second-order valence-electron chi connectivity index (χ2n) is 8.00. The van der Waals surface area contributed by atoms with Crippen LogP contribution in [0.3, 0.4) is 0 Å². The van der Waals surface area contributed by atoms with Gasteiger partial charge in [-0.05, 0) is 80.0 Å². The molecule has 33 heavy (non-hydrogen) atoms. The Kier molecular flexibility index (Phi) is 9.75. The van der Waals surface area contributed by atoms with Crippen LogP contribution in [0, 0.1) is 13.8 Å². The van der Waals surface area contributed by atoms with Crippen LogP contribution in [0.25, 0.3) is 0 Å². The van der Waals surface area contributed by atoms with Gasteiger partial charge in [0.25, 0.3) is 5.91 Å². The highest BCUT2D eigenvalue weighted by Gasteiger charge is 2.10. The van der Waals surface area contributed by atoms with Crippen molar-refractivity contribution in [2.75, 3.05) is 39.4 Å². The van der Waals surface area contributed by atoms with Crippen LogP contribution >= 0.6 is 23.8 Å². The Morgan fingerprint density at radius 1 is 1.12 bits per heavy atom. The van der Waals surface area contributed by atoms with Crippen molar-refractivity contribution in [3.63, 3.8) is 0 Å². The lowest BCUT2D eigenvalue weighted by Gasteiger charge is -2.26. The van der Waals surface area contributed by atoms with E-state index < -0.39 is 0 Å². The third kappa shape index (κ3) is 8.16. The van der Waals surface area contributed by atoms with E-state index in [4.69, 9.17) is 33.3 Å². The molecule has 1 fully saturated rings. The Balaban J connectivity index is 1.35. The average Bonchev–Trinajstić information content (AvgIpc) is 2.83. The van der Waals surface area contributed by atoms with Gasteiger partial charge in [-0.3, -0.25) is 20.5 Å². The molecule has 0 aliphatic carbocycles. The number of nitrogens with one attached hydrogen (secondary N) is 3. The van der Waals surface area contributed by atoms with Crippen LogP contribution in [0.15, 0.2) is 36.4 Å². The van der Waals surface area contributed by atoms with Gasteiger partial charge in [-0.15, -0.1) is 0 Å². The second-order valence-corrected chi connectivity index (χ2v) is 8.79. The van der Waals surface area contributed by atoms with E-state index in [9.17, 15) is 4.79 Å². The smallest absolute Gasteiger partial charge is 0.269 e. The maximum atomic E-state index is 12.4. The zero-order chi connectivity index (χ0) is 23.6. The van der Waals surface area contributed by atoms with Gasteiger partial charge in [0.15, 0.2) is 5.11 Å². The molecule has 0 aromatic heterocycles. The number of ether oxygens (including phenoxy) is 2. The zero-order valence-electron chi connectivity index (χ0n) is 19.1. The number of nitrogens with zero attached hydrogens (tertiary/aromatic N) is 1. The van der Waals surface area contributed by atoms with Crippen molar-refractivity contribution < 1.29 is 14.3 Å². The van der Waals surface area contributed by atoms with Crippen LogP contribution in [-0.4, -0.2) is 55.3 Å². The van der Waals surface area contributed by atoms with E-state index in [0.717, 1.165) is 73.3 Å². The molecule has 3 rings (SSSR count). The molecule has 1 aliphatic heterocycles. The normalized spacial score (nSPS) is 13.9. The molecule has 2 aromatic rings. The number of rotatable bonds is 8.